The monoisotopic (exact) mass is 258 g/mol. The van der Waals surface area contributed by atoms with Crippen LogP contribution in [0.3, 0.4) is 0 Å². The molecule has 0 aliphatic heterocycles. The lowest BCUT2D eigenvalue weighted by Crippen LogP contribution is -1.96. The summed E-state index contributed by atoms with van der Waals surface area (Å²) in [6.07, 6.45) is 1.01. The molecule has 0 saturated heterocycles. The topological polar surface area (TPSA) is 73.1 Å². The molecule has 0 fully saturated rings. The van der Waals surface area contributed by atoms with E-state index in [4.69, 9.17) is 16.0 Å². The number of hydrogen-bond acceptors (Lipinski definition) is 5. The second-order valence-corrected chi connectivity index (χ2v) is 5.48. The molecule has 0 spiro atoms. The molecule has 1 heterocycles. The highest BCUT2D eigenvalue weighted by atomic mass is 35.5. The number of halogens is 1. The molecule has 0 aliphatic carbocycles. The summed E-state index contributed by atoms with van der Waals surface area (Å²) in [7, 11) is -3.46. The van der Waals surface area contributed by atoms with Crippen LogP contribution in [0.4, 0.5) is 0 Å². The van der Waals surface area contributed by atoms with Gasteiger partial charge in [-0.15, -0.1) is 5.10 Å². The molecule has 7 heteroatoms. The quantitative estimate of drug-likeness (QED) is 0.821. The Morgan fingerprint density at radius 2 is 1.81 bits per heavy atom. The van der Waals surface area contributed by atoms with E-state index >= 15 is 0 Å². The van der Waals surface area contributed by atoms with Crippen LogP contribution in [-0.2, 0) is 9.84 Å². The molecule has 84 valence electrons. The van der Waals surface area contributed by atoms with Crippen molar-refractivity contribution in [2.75, 3.05) is 6.26 Å². The summed E-state index contributed by atoms with van der Waals surface area (Å²) in [6.45, 7) is 0. The van der Waals surface area contributed by atoms with E-state index in [1.54, 1.807) is 24.3 Å². The maximum Gasteiger partial charge on any atom is 0.335 e. The highest BCUT2D eigenvalue weighted by Crippen LogP contribution is 2.21. The standard InChI is InChI=1S/C9H7ClN2O3S/c1-16(13,14)9-12-11-8(15-9)6-2-4-7(10)5-3-6/h2-5H,1H3. The maximum atomic E-state index is 11.1. The highest BCUT2D eigenvalue weighted by Gasteiger charge is 2.17. The Hall–Kier alpha value is -1.40. The van der Waals surface area contributed by atoms with E-state index < -0.39 is 15.1 Å². The van der Waals surface area contributed by atoms with Crippen LogP contribution in [0, 0.1) is 0 Å². The molecule has 1 aromatic carbocycles. The fraction of sp³-hybridized carbons (Fsp3) is 0.111. The van der Waals surface area contributed by atoms with Gasteiger partial charge in [0.05, 0.1) is 0 Å². The van der Waals surface area contributed by atoms with Gasteiger partial charge in [0.2, 0.25) is 15.7 Å². The highest BCUT2D eigenvalue weighted by molar-refractivity contribution is 7.90. The van der Waals surface area contributed by atoms with E-state index in [-0.39, 0.29) is 5.89 Å². The van der Waals surface area contributed by atoms with Gasteiger partial charge in [-0.1, -0.05) is 16.7 Å². The number of aromatic nitrogens is 2. The van der Waals surface area contributed by atoms with Crippen LogP contribution in [-0.4, -0.2) is 24.9 Å². The third kappa shape index (κ3) is 2.23. The van der Waals surface area contributed by atoms with Crippen LogP contribution in [0.2, 0.25) is 5.02 Å². The Balaban J connectivity index is 2.43. The van der Waals surface area contributed by atoms with E-state index in [9.17, 15) is 8.42 Å². The lowest BCUT2D eigenvalue weighted by molar-refractivity contribution is 0.442. The molecule has 2 rings (SSSR count). The van der Waals surface area contributed by atoms with Gasteiger partial charge < -0.3 is 4.42 Å². The lowest BCUT2D eigenvalue weighted by Gasteiger charge is -1.93. The van der Waals surface area contributed by atoms with Crippen molar-refractivity contribution >= 4 is 21.4 Å². The van der Waals surface area contributed by atoms with Crippen molar-refractivity contribution in [3.8, 4) is 11.5 Å². The molecular weight excluding hydrogens is 252 g/mol. The first-order valence-corrected chi connectivity index (χ1v) is 6.53. The van der Waals surface area contributed by atoms with Gasteiger partial charge in [-0.05, 0) is 24.3 Å². The number of sulfone groups is 1. The number of rotatable bonds is 2. The molecule has 16 heavy (non-hydrogen) atoms. The fourth-order valence-electron chi connectivity index (χ4n) is 1.07. The normalized spacial score (nSPS) is 11.6. The van der Waals surface area contributed by atoms with Crippen LogP contribution in [0.15, 0.2) is 33.9 Å². The average molecular weight is 259 g/mol. The first kappa shape index (κ1) is 11.1. The van der Waals surface area contributed by atoms with E-state index in [0.29, 0.717) is 10.6 Å². The van der Waals surface area contributed by atoms with Crippen molar-refractivity contribution in [2.24, 2.45) is 0 Å². The van der Waals surface area contributed by atoms with Gasteiger partial charge in [0, 0.05) is 16.8 Å². The SMILES string of the molecule is CS(=O)(=O)c1nnc(-c2ccc(Cl)cc2)o1. The predicted molar refractivity (Wildman–Crippen MR) is 57.9 cm³/mol. The summed E-state index contributed by atoms with van der Waals surface area (Å²) in [5.74, 6) is 0.150. The van der Waals surface area contributed by atoms with E-state index in [1.165, 1.54) is 0 Å². The third-order valence-corrected chi connectivity index (χ3v) is 2.87. The summed E-state index contributed by atoms with van der Waals surface area (Å²) in [5, 5.41) is 7.28. The number of hydrogen-bond donors (Lipinski definition) is 0. The van der Waals surface area contributed by atoms with Crippen LogP contribution in [0.25, 0.3) is 11.5 Å². The van der Waals surface area contributed by atoms with Crippen molar-refractivity contribution < 1.29 is 12.8 Å². The summed E-state index contributed by atoms with van der Waals surface area (Å²) < 4.78 is 27.2. The van der Waals surface area contributed by atoms with Gasteiger partial charge in [-0.25, -0.2) is 8.42 Å². The molecular formula is C9H7ClN2O3S. The van der Waals surface area contributed by atoms with Crippen molar-refractivity contribution in [1.29, 1.82) is 0 Å². The number of nitrogens with zero attached hydrogens (tertiary/aromatic N) is 2. The Kier molecular flexibility index (Phi) is 2.69. The zero-order valence-corrected chi connectivity index (χ0v) is 9.79. The molecule has 0 bridgehead atoms. The molecule has 0 saturated carbocycles. The third-order valence-electron chi connectivity index (χ3n) is 1.81. The van der Waals surface area contributed by atoms with Crippen molar-refractivity contribution in [2.45, 2.75) is 5.22 Å². The minimum atomic E-state index is -3.46. The first-order valence-electron chi connectivity index (χ1n) is 4.26. The van der Waals surface area contributed by atoms with Crippen molar-refractivity contribution in [3.63, 3.8) is 0 Å². The summed E-state index contributed by atoms with van der Waals surface area (Å²) >= 11 is 5.71. The zero-order valence-electron chi connectivity index (χ0n) is 8.21. The van der Waals surface area contributed by atoms with Crippen LogP contribution >= 0.6 is 11.6 Å². The van der Waals surface area contributed by atoms with E-state index in [1.807, 2.05) is 0 Å². The molecule has 0 amide bonds. The van der Waals surface area contributed by atoms with Gasteiger partial charge in [-0.2, -0.15) is 0 Å². The molecule has 0 N–H and O–H groups in total. The zero-order chi connectivity index (χ0) is 11.8. The van der Waals surface area contributed by atoms with Crippen molar-refractivity contribution in [3.05, 3.63) is 29.3 Å². The second-order valence-electron chi connectivity index (χ2n) is 3.15. The van der Waals surface area contributed by atoms with E-state index in [2.05, 4.69) is 10.2 Å². The van der Waals surface area contributed by atoms with Gasteiger partial charge in [0.25, 0.3) is 0 Å². The Morgan fingerprint density at radius 3 is 2.31 bits per heavy atom. The second kappa shape index (κ2) is 3.88. The van der Waals surface area contributed by atoms with E-state index in [0.717, 1.165) is 6.26 Å². The predicted octanol–water partition coefficient (Wildman–Crippen LogP) is 1.79. The first-order chi connectivity index (χ1) is 7.47. The van der Waals surface area contributed by atoms with Gasteiger partial charge in [0.15, 0.2) is 0 Å². The van der Waals surface area contributed by atoms with Gasteiger partial charge in [0.1, 0.15) is 0 Å². The summed E-state index contributed by atoms with van der Waals surface area (Å²) in [5.41, 5.74) is 0.617. The Morgan fingerprint density at radius 1 is 1.19 bits per heavy atom. The lowest BCUT2D eigenvalue weighted by atomic mass is 10.2. The Labute approximate surface area is 97.0 Å². The molecule has 0 unspecified atom stereocenters. The smallest absolute Gasteiger partial charge is 0.335 e. The fourth-order valence-corrected chi connectivity index (χ4v) is 1.61. The molecule has 0 aliphatic rings. The Bertz CT molecular complexity index is 604. The molecule has 5 nitrogen and oxygen atoms in total. The van der Waals surface area contributed by atoms with Crippen LogP contribution in [0.1, 0.15) is 0 Å². The number of benzene rings is 1. The molecule has 0 radical (unpaired) electrons. The van der Waals surface area contributed by atoms with Crippen molar-refractivity contribution in [1.82, 2.24) is 10.2 Å². The summed E-state index contributed by atoms with van der Waals surface area (Å²) in [4.78, 5) is 0. The largest absolute Gasteiger partial charge is 0.408 e. The average Bonchev–Trinajstić information content (AvgIpc) is 2.67. The molecule has 1 aromatic heterocycles. The van der Waals surface area contributed by atoms with Gasteiger partial charge in [-0.3, -0.25) is 0 Å². The summed E-state index contributed by atoms with van der Waals surface area (Å²) in [6, 6.07) is 6.65. The maximum absolute atomic E-state index is 11.1. The molecule has 2 aromatic rings. The van der Waals surface area contributed by atoms with Crippen LogP contribution in [0.5, 0.6) is 0 Å². The minimum Gasteiger partial charge on any atom is -0.408 e. The molecule has 0 atom stereocenters. The van der Waals surface area contributed by atoms with Gasteiger partial charge >= 0.3 is 5.22 Å². The van der Waals surface area contributed by atoms with Crippen LogP contribution < -0.4 is 0 Å². The minimum absolute atomic E-state index is 0.150.